The van der Waals surface area contributed by atoms with Crippen molar-refractivity contribution in [2.24, 2.45) is 0 Å². The molecule has 1 aliphatic rings. The first kappa shape index (κ1) is 16.0. The van der Waals surface area contributed by atoms with Gasteiger partial charge in [-0.3, -0.25) is 4.79 Å². The van der Waals surface area contributed by atoms with Gasteiger partial charge >= 0.3 is 0 Å². The summed E-state index contributed by atoms with van der Waals surface area (Å²) < 4.78 is 14.5. The van der Waals surface area contributed by atoms with Crippen LogP contribution in [0.2, 0.25) is 5.15 Å². The molecule has 0 spiro atoms. The van der Waals surface area contributed by atoms with Crippen LogP contribution in [0.25, 0.3) is 5.69 Å². The zero-order valence-electron chi connectivity index (χ0n) is 12.7. The van der Waals surface area contributed by atoms with Gasteiger partial charge in [0.15, 0.2) is 0 Å². The molecular weight excluding hydrogens is 321 g/mol. The average Bonchev–Trinajstić information content (AvgIpc) is 2.82. The van der Waals surface area contributed by atoms with Gasteiger partial charge in [0.1, 0.15) is 11.0 Å². The molecule has 0 bridgehead atoms. The summed E-state index contributed by atoms with van der Waals surface area (Å²) >= 11 is 6.35. The molecule has 1 aromatic carbocycles. The van der Waals surface area contributed by atoms with Crippen molar-refractivity contribution in [3.8, 4) is 5.69 Å². The Morgan fingerprint density at radius 2 is 2.09 bits per heavy atom. The summed E-state index contributed by atoms with van der Waals surface area (Å²) in [6, 6.07) is 5.72. The van der Waals surface area contributed by atoms with Crippen molar-refractivity contribution in [2.45, 2.75) is 25.9 Å². The molecule has 2 aromatic rings. The fourth-order valence-electron chi connectivity index (χ4n) is 2.79. The molecule has 1 saturated heterocycles. The number of aryl methyl sites for hydroxylation is 1. The summed E-state index contributed by atoms with van der Waals surface area (Å²) in [4.78, 5) is 14.3. The molecule has 122 valence electrons. The van der Waals surface area contributed by atoms with Gasteiger partial charge in [-0.2, -0.15) is 5.10 Å². The highest BCUT2D eigenvalue weighted by Crippen LogP contribution is 2.26. The van der Waals surface area contributed by atoms with Crippen LogP contribution in [0.4, 0.5) is 4.39 Å². The molecule has 2 heterocycles. The lowest BCUT2D eigenvalue weighted by Gasteiger charge is -2.30. The number of benzene rings is 1. The minimum atomic E-state index is -0.501. The SMILES string of the molecule is Cc1nn(-c2ccc(F)cc2)c(Cl)c1C(=O)N1CCCC(O)C1. The molecule has 1 aromatic heterocycles. The van der Waals surface area contributed by atoms with Crippen LogP contribution in [0.1, 0.15) is 28.9 Å². The van der Waals surface area contributed by atoms with E-state index in [1.165, 1.54) is 16.8 Å². The van der Waals surface area contributed by atoms with Crippen LogP contribution < -0.4 is 0 Å². The highest BCUT2D eigenvalue weighted by molar-refractivity contribution is 6.33. The standard InChI is InChI=1S/C16H17ClFN3O2/c1-10-14(16(23)20-8-2-3-13(22)9-20)15(17)21(19-10)12-6-4-11(18)5-7-12/h4-7,13,22H,2-3,8-9H2,1H3. The maximum absolute atomic E-state index is 13.0. The Kier molecular flexibility index (Phi) is 4.37. The molecule has 23 heavy (non-hydrogen) atoms. The lowest BCUT2D eigenvalue weighted by molar-refractivity contribution is 0.0473. The number of nitrogens with zero attached hydrogens (tertiary/aromatic N) is 3. The third kappa shape index (κ3) is 3.09. The van der Waals surface area contributed by atoms with Crippen molar-refractivity contribution in [1.82, 2.24) is 14.7 Å². The number of amides is 1. The molecule has 5 nitrogen and oxygen atoms in total. The predicted octanol–water partition coefficient (Wildman–Crippen LogP) is 2.57. The molecule has 3 rings (SSSR count). The smallest absolute Gasteiger partial charge is 0.258 e. The minimum Gasteiger partial charge on any atom is -0.391 e. The summed E-state index contributed by atoms with van der Waals surface area (Å²) in [6.45, 7) is 2.60. The summed E-state index contributed by atoms with van der Waals surface area (Å²) in [7, 11) is 0. The number of halogens is 2. The number of likely N-dealkylation sites (tertiary alicyclic amines) is 1. The van der Waals surface area contributed by atoms with Gasteiger partial charge < -0.3 is 10.0 Å². The van der Waals surface area contributed by atoms with Gasteiger partial charge in [-0.15, -0.1) is 0 Å². The van der Waals surface area contributed by atoms with E-state index < -0.39 is 6.10 Å². The van der Waals surface area contributed by atoms with E-state index in [9.17, 15) is 14.3 Å². The Morgan fingerprint density at radius 1 is 1.39 bits per heavy atom. The van der Waals surface area contributed by atoms with Crippen molar-refractivity contribution in [3.05, 3.63) is 46.5 Å². The van der Waals surface area contributed by atoms with Crippen LogP contribution in [-0.4, -0.2) is 44.9 Å². The van der Waals surface area contributed by atoms with Crippen LogP contribution in [-0.2, 0) is 0 Å². The number of aliphatic hydroxyl groups excluding tert-OH is 1. The van der Waals surface area contributed by atoms with E-state index in [0.29, 0.717) is 36.5 Å². The average molecular weight is 338 g/mol. The molecule has 1 N–H and O–H groups in total. The fraction of sp³-hybridized carbons (Fsp3) is 0.375. The largest absolute Gasteiger partial charge is 0.391 e. The van der Waals surface area contributed by atoms with Gasteiger partial charge in [-0.25, -0.2) is 9.07 Å². The number of aliphatic hydroxyl groups is 1. The molecular formula is C16H17ClFN3O2. The van der Waals surface area contributed by atoms with Crippen molar-refractivity contribution < 1.29 is 14.3 Å². The van der Waals surface area contributed by atoms with Crippen LogP contribution in [0, 0.1) is 12.7 Å². The second kappa shape index (κ2) is 6.29. The topological polar surface area (TPSA) is 58.4 Å². The first-order chi connectivity index (χ1) is 11.0. The van der Waals surface area contributed by atoms with Crippen LogP contribution >= 0.6 is 11.6 Å². The third-order valence-corrected chi connectivity index (χ3v) is 4.32. The van der Waals surface area contributed by atoms with E-state index in [-0.39, 0.29) is 16.9 Å². The van der Waals surface area contributed by atoms with Crippen molar-refractivity contribution in [1.29, 1.82) is 0 Å². The molecule has 1 unspecified atom stereocenters. The molecule has 0 saturated carbocycles. The Labute approximate surface area is 138 Å². The highest BCUT2D eigenvalue weighted by atomic mass is 35.5. The number of aromatic nitrogens is 2. The van der Waals surface area contributed by atoms with Crippen molar-refractivity contribution in [3.63, 3.8) is 0 Å². The normalized spacial score (nSPS) is 18.3. The minimum absolute atomic E-state index is 0.194. The quantitative estimate of drug-likeness (QED) is 0.916. The number of hydrogen-bond acceptors (Lipinski definition) is 3. The van der Waals surface area contributed by atoms with E-state index in [1.54, 1.807) is 24.0 Å². The van der Waals surface area contributed by atoms with E-state index in [4.69, 9.17) is 11.6 Å². The second-order valence-corrected chi connectivity index (χ2v) is 6.04. The third-order valence-electron chi connectivity index (χ3n) is 3.97. The van der Waals surface area contributed by atoms with Gasteiger partial charge in [0.05, 0.1) is 23.0 Å². The van der Waals surface area contributed by atoms with Gasteiger partial charge in [0.25, 0.3) is 5.91 Å². The zero-order valence-corrected chi connectivity index (χ0v) is 13.4. The van der Waals surface area contributed by atoms with E-state index in [1.807, 2.05) is 0 Å². The summed E-state index contributed by atoms with van der Waals surface area (Å²) in [5.74, 6) is -0.591. The Morgan fingerprint density at radius 3 is 2.74 bits per heavy atom. The van der Waals surface area contributed by atoms with E-state index >= 15 is 0 Å². The number of hydrogen-bond donors (Lipinski definition) is 1. The van der Waals surface area contributed by atoms with Crippen LogP contribution in [0.15, 0.2) is 24.3 Å². The number of carbonyl (C=O) groups excluding carboxylic acids is 1. The van der Waals surface area contributed by atoms with Gasteiger partial charge in [0, 0.05) is 13.1 Å². The second-order valence-electron chi connectivity index (χ2n) is 5.69. The number of rotatable bonds is 2. The number of carbonyl (C=O) groups is 1. The Hall–Kier alpha value is -1.92. The van der Waals surface area contributed by atoms with Crippen molar-refractivity contribution >= 4 is 17.5 Å². The van der Waals surface area contributed by atoms with Gasteiger partial charge in [-0.1, -0.05) is 11.6 Å². The monoisotopic (exact) mass is 337 g/mol. The molecule has 1 atom stereocenters. The lowest BCUT2D eigenvalue weighted by atomic mass is 10.1. The zero-order chi connectivity index (χ0) is 16.6. The van der Waals surface area contributed by atoms with Crippen molar-refractivity contribution in [2.75, 3.05) is 13.1 Å². The first-order valence-electron chi connectivity index (χ1n) is 7.46. The van der Waals surface area contributed by atoms with Crippen LogP contribution in [0.3, 0.4) is 0 Å². The van der Waals surface area contributed by atoms with Gasteiger partial charge in [-0.05, 0) is 44.0 Å². The molecule has 0 radical (unpaired) electrons. The maximum atomic E-state index is 13.0. The van der Waals surface area contributed by atoms with Gasteiger partial charge in [0.2, 0.25) is 0 Å². The number of β-amino-alcohol motifs (C(OH)–C–C–N with tert-alkyl or cyclic N) is 1. The lowest BCUT2D eigenvalue weighted by Crippen LogP contribution is -2.42. The molecule has 7 heteroatoms. The molecule has 1 aliphatic heterocycles. The Bertz CT molecular complexity index is 730. The van der Waals surface area contributed by atoms with Crippen LogP contribution in [0.5, 0.6) is 0 Å². The molecule has 1 amide bonds. The Balaban J connectivity index is 1.94. The molecule has 1 fully saturated rings. The first-order valence-corrected chi connectivity index (χ1v) is 7.83. The summed E-state index contributed by atoms with van der Waals surface area (Å²) in [6.07, 6.45) is 0.958. The maximum Gasteiger partial charge on any atom is 0.258 e. The predicted molar refractivity (Wildman–Crippen MR) is 84.4 cm³/mol. The van der Waals surface area contributed by atoms with E-state index in [2.05, 4.69) is 5.10 Å². The highest BCUT2D eigenvalue weighted by Gasteiger charge is 2.28. The van der Waals surface area contributed by atoms with E-state index in [0.717, 1.165) is 6.42 Å². The summed E-state index contributed by atoms with van der Waals surface area (Å²) in [5.41, 5.74) is 1.41. The summed E-state index contributed by atoms with van der Waals surface area (Å²) in [5, 5.41) is 14.2. The number of piperidine rings is 1. The fourth-order valence-corrected chi connectivity index (χ4v) is 3.15. The molecule has 0 aliphatic carbocycles.